The maximum absolute atomic E-state index is 12.6. The largest absolute Gasteiger partial charge is 0.506 e. The number of aliphatic hydroxyl groups excluding tert-OH is 1. The van der Waals surface area contributed by atoms with E-state index >= 15 is 0 Å². The Hall–Kier alpha value is -2.08. The predicted molar refractivity (Wildman–Crippen MR) is 92.8 cm³/mol. The zero-order chi connectivity index (χ0) is 18.3. The third-order valence-electron chi connectivity index (χ3n) is 3.95. The summed E-state index contributed by atoms with van der Waals surface area (Å²) in [4.78, 5) is 17.1. The number of benzene rings is 1. The van der Waals surface area contributed by atoms with Crippen molar-refractivity contribution in [1.29, 1.82) is 0 Å². The summed E-state index contributed by atoms with van der Waals surface area (Å²) in [5.74, 6) is -0.233. The Morgan fingerprint density at radius 1 is 1.38 bits per heavy atom. The summed E-state index contributed by atoms with van der Waals surface area (Å²) < 4.78 is 5.63. The van der Waals surface area contributed by atoms with E-state index in [4.69, 9.17) is 4.74 Å². The van der Waals surface area contributed by atoms with Crippen molar-refractivity contribution in [2.24, 2.45) is 4.99 Å². The van der Waals surface area contributed by atoms with Crippen LogP contribution in [0.1, 0.15) is 54.7 Å². The zero-order valence-electron chi connectivity index (χ0n) is 15.1. The minimum atomic E-state index is -0.787. The van der Waals surface area contributed by atoms with E-state index in [1.54, 1.807) is 20.8 Å². The number of aryl methyl sites for hydroxylation is 2. The van der Waals surface area contributed by atoms with Gasteiger partial charge in [-0.3, -0.25) is 4.79 Å². The van der Waals surface area contributed by atoms with Crippen molar-refractivity contribution in [1.82, 2.24) is 5.32 Å². The van der Waals surface area contributed by atoms with Gasteiger partial charge in [-0.15, -0.1) is 0 Å². The number of phenolic OH excluding ortho intramolecular Hbond substituents is 1. The molecule has 0 saturated heterocycles. The lowest BCUT2D eigenvalue weighted by molar-refractivity contribution is 0.0866. The molecule has 1 heterocycles. The van der Waals surface area contributed by atoms with Gasteiger partial charge in [-0.25, -0.2) is 4.99 Å². The zero-order valence-corrected chi connectivity index (χ0v) is 15.1. The van der Waals surface area contributed by atoms with Crippen LogP contribution in [0.25, 0.3) is 0 Å². The van der Waals surface area contributed by atoms with Gasteiger partial charge < -0.3 is 20.3 Å². The molecule has 1 aliphatic heterocycles. The smallest absolute Gasteiger partial charge is 0.255 e. The fourth-order valence-electron chi connectivity index (χ4n) is 2.65. The van der Waals surface area contributed by atoms with E-state index in [1.807, 2.05) is 26.8 Å². The Labute approximate surface area is 142 Å². The van der Waals surface area contributed by atoms with E-state index in [0.29, 0.717) is 23.6 Å². The van der Waals surface area contributed by atoms with Gasteiger partial charge in [-0.05, 0) is 52.7 Å². The Bertz CT molecular complexity index is 705. The van der Waals surface area contributed by atoms with Crippen LogP contribution in [0.4, 0.5) is 0 Å². The van der Waals surface area contributed by atoms with Crippen molar-refractivity contribution < 1.29 is 19.7 Å². The molecule has 0 aliphatic carbocycles. The average molecular weight is 334 g/mol. The molecular formula is C18H26N2O4. The van der Waals surface area contributed by atoms with Crippen LogP contribution in [0, 0.1) is 13.8 Å². The quantitative estimate of drug-likeness (QED) is 0.786. The number of aromatic hydroxyl groups is 1. The van der Waals surface area contributed by atoms with Gasteiger partial charge in [0.2, 0.25) is 5.90 Å². The summed E-state index contributed by atoms with van der Waals surface area (Å²) >= 11 is 0. The first-order chi connectivity index (χ1) is 11.0. The molecule has 3 N–H and O–H groups in total. The first kappa shape index (κ1) is 18.3. The molecule has 132 valence electrons. The lowest BCUT2D eigenvalue weighted by atomic mass is 9.96. The molecular weight excluding hydrogens is 308 g/mol. The molecule has 0 aromatic heterocycles. The summed E-state index contributed by atoms with van der Waals surface area (Å²) in [7, 11) is 0. The summed E-state index contributed by atoms with van der Waals surface area (Å²) in [6.07, 6.45) is 0. The number of aliphatic imine (C=N–C) groups is 1. The number of carbonyl (C=O) groups excluding carboxylic acids is 1. The van der Waals surface area contributed by atoms with Crippen molar-refractivity contribution in [3.8, 4) is 5.75 Å². The monoisotopic (exact) mass is 334 g/mol. The summed E-state index contributed by atoms with van der Waals surface area (Å²) in [6.45, 7) is 11.1. The van der Waals surface area contributed by atoms with E-state index in [9.17, 15) is 15.0 Å². The molecule has 6 heteroatoms. The van der Waals surface area contributed by atoms with E-state index < -0.39 is 11.4 Å². The highest BCUT2D eigenvalue weighted by atomic mass is 16.5. The van der Waals surface area contributed by atoms with Crippen LogP contribution in [0.15, 0.2) is 11.1 Å². The van der Waals surface area contributed by atoms with E-state index in [0.717, 1.165) is 5.56 Å². The first-order valence-electron chi connectivity index (χ1n) is 7.97. The third-order valence-corrected chi connectivity index (χ3v) is 3.95. The number of ether oxygens (including phenoxy) is 1. The van der Waals surface area contributed by atoms with Crippen LogP contribution < -0.4 is 5.32 Å². The number of nitrogens with zero attached hydrogens (tertiary/aromatic N) is 1. The second kappa shape index (κ2) is 6.09. The molecule has 0 atom stereocenters. The number of phenols is 1. The van der Waals surface area contributed by atoms with E-state index in [2.05, 4.69) is 10.3 Å². The second-order valence-electron chi connectivity index (χ2n) is 7.62. The maximum Gasteiger partial charge on any atom is 0.255 e. The predicted octanol–water partition coefficient (Wildman–Crippen LogP) is 2.07. The number of rotatable bonds is 4. The van der Waals surface area contributed by atoms with Crippen LogP contribution in [0.2, 0.25) is 0 Å². The number of hydrogen-bond acceptors (Lipinski definition) is 5. The van der Waals surface area contributed by atoms with Crippen molar-refractivity contribution in [3.05, 3.63) is 28.3 Å². The fraction of sp³-hybridized carbons (Fsp3) is 0.556. The number of aliphatic hydroxyl groups is 1. The lowest BCUT2D eigenvalue weighted by Gasteiger charge is -2.24. The van der Waals surface area contributed by atoms with Crippen molar-refractivity contribution in [2.75, 3.05) is 13.2 Å². The average Bonchev–Trinajstić information content (AvgIpc) is 2.77. The van der Waals surface area contributed by atoms with Gasteiger partial charge in [0.1, 0.15) is 12.4 Å². The highest BCUT2D eigenvalue weighted by molar-refractivity contribution is 6.06. The second-order valence-corrected chi connectivity index (χ2v) is 7.62. The van der Waals surface area contributed by atoms with Gasteiger partial charge in [0.05, 0.1) is 28.8 Å². The molecule has 1 amide bonds. The molecule has 0 saturated carbocycles. The molecule has 24 heavy (non-hydrogen) atoms. The Morgan fingerprint density at radius 2 is 2.00 bits per heavy atom. The Balaban J connectivity index is 2.52. The van der Waals surface area contributed by atoms with Crippen molar-refractivity contribution in [2.45, 2.75) is 52.6 Å². The van der Waals surface area contributed by atoms with Crippen LogP contribution >= 0.6 is 0 Å². The third kappa shape index (κ3) is 3.53. The summed E-state index contributed by atoms with van der Waals surface area (Å²) in [5.41, 5.74) is 0.911. The molecule has 0 spiro atoms. The van der Waals surface area contributed by atoms with Crippen LogP contribution in [-0.4, -0.2) is 46.3 Å². The molecule has 1 aliphatic rings. The summed E-state index contributed by atoms with van der Waals surface area (Å²) in [5, 5.41) is 22.8. The van der Waals surface area contributed by atoms with Gasteiger partial charge in [-0.1, -0.05) is 6.07 Å². The highest BCUT2D eigenvalue weighted by Gasteiger charge is 2.32. The number of hydrogen-bond donors (Lipinski definition) is 3. The molecule has 0 unspecified atom stereocenters. The van der Waals surface area contributed by atoms with Crippen molar-refractivity contribution >= 4 is 11.8 Å². The number of nitrogens with one attached hydrogen (secondary N) is 1. The number of amides is 1. The highest BCUT2D eigenvalue weighted by Crippen LogP contribution is 2.33. The fourth-order valence-corrected chi connectivity index (χ4v) is 2.65. The lowest BCUT2D eigenvalue weighted by Crippen LogP contribution is -2.46. The molecule has 0 radical (unpaired) electrons. The van der Waals surface area contributed by atoms with Gasteiger partial charge in [-0.2, -0.15) is 0 Å². The van der Waals surface area contributed by atoms with Gasteiger partial charge >= 0.3 is 0 Å². The minimum absolute atomic E-state index is 0.143. The standard InChI is InChI=1S/C18H26N2O4/c1-10-7-11(2)13(16-20-18(5,6)9-24-16)14(22)12(10)15(23)19-17(3,4)8-21/h7,21-22H,8-9H2,1-6H3,(H,19,23). The normalized spacial score (nSPS) is 16.5. The summed E-state index contributed by atoms with van der Waals surface area (Å²) in [6, 6.07) is 1.83. The molecule has 0 fully saturated rings. The molecule has 1 aromatic rings. The Morgan fingerprint density at radius 3 is 2.50 bits per heavy atom. The molecule has 0 bridgehead atoms. The van der Waals surface area contributed by atoms with Crippen molar-refractivity contribution in [3.63, 3.8) is 0 Å². The maximum atomic E-state index is 12.6. The van der Waals surface area contributed by atoms with Gasteiger partial charge in [0.15, 0.2) is 0 Å². The van der Waals surface area contributed by atoms with E-state index in [-0.39, 0.29) is 23.5 Å². The minimum Gasteiger partial charge on any atom is -0.506 e. The number of carbonyl (C=O) groups is 1. The molecule has 6 nitrogen and oxygen atoms in total. The molecule has 1 aromatic carbocycles. The SMILES string of the molecule is Cc1cc(C)c(C2=NC(C)(C)CO2)c(O)c1C(=O)NC(C)(C)CO. The van der Waals surface area contributed by atoms with Crippen LogP contribution in [0.5, 0.6) is 5.75 Å². The van der Waals surface area contributed by atoms with Crippen LogP contribution in [-0.2, 0) is 4.74 Å². The topological polar surface area (TPSA) is 91.2 Å². The first-order valence-corrected chi connectivity index (χ1v) is 7.97. The van der Waals surface area contributed by atoms with E-state index in [1.165, 1.54) is 0 Å². The Kier molecular flexibility index (Phi) is 4.63. The molecule has 2 rings (SSSR count). The van der Waals surface area contributed by atoms with Gasteiger partial charge in [0, 0.05) is 0 Å². The van der Waals surface area contributed by atoms with Crippen LogP contribution in [0.3, 0.4) is 0 Å². The van der Waals surface area contributed by atoms with Gasteiger partial charge in [0.25, 0.3) is 5.91 Å².